The van der Waals surface area contributed by atoms with Crippen LogP contribution >= 0.6 is 0 Å². The quantitative estimate of drug-likeness (QED) is 0.686. The van der Waals surface area contributed by atoms with Crippen LogP contribution in [0.3, 0.4) is 0 Å². The molecule has 0 saturated carbocycles. The van der Waals surface area contributed by atoms with Crippen molar-refractivity contribution >= 4 is 11.7 Å². The SMILES string of the molecule is Cc1cc(Oc2ncc([N+](=O)[O-])cc2C(=O)O)ccc1F. The number of benzene rings is 1. The third-order valence-electron chi connectivity index (χ3n) is 2.62. The number of carboxylic acid groups (broad SMARTS) is 1. The van der Waals surface area contributed by atoms with Crippen molar-refractivity contribution in [2.24, 2.45) is 0 Å². The van der Waals surface area contributed by atoms with Crippen LogP contribution in [0.15, 0.2) is 30.5 Å². The van der Waals surface area contributed by atoms with Gasteiger partial charge in [0.05, 0.1) is 4.92 Å². The number of ether oxygens (including phenoxy) is 1. The Balaban J connectivity index is 2.41. The Morgan fingerprint density at radius 1 is 1.43 bits per heavy atom. The zero-order valence-corrected chi connectivity index (χ0v) is 10.7. The number of aryl methyl sites for hydroxylation is 1. The van der Waals surface area contributed by atoms with E-state index in [2.05, 4.69) is 4.98 Å². The van der Waals surface area contributed by atoms with Crippen molar-refractivity contribution in [3.63, 3.8) is 0 Å². The molecule has 2 aromatic rings. The first-order valence-corrected chi connectivity index (χ1v) is 5.70. The van der Waals surface area contributed by atoms with Gasteiger partial charge in [-0.1, -0.05) is 0 Å². The Morgan fingerprint density at radius 3 is 2.71 bits per heavy atom. The highest BCUT2D eigenvalue weighted by atomic mass is 19.1. The molecular weight excluding hydrogens is 283 g/mol. The molecule has 21 heavy (non-hydrogen) atoms. The summed E-state index contributed by atoms with van der Waals surface area (Å²) in [6, 6.07) is 4.68. The molecule has 0 aliphatic heterocycles. The van der Waals surface area contributed by atoms with Crippen LogP contribution in [-0.4, -0.2) is 21.0 Å². The molecule has 0 aliphatic carbocycles. The Morgan fingerprint density at radius 2 is 2.14 bits per heavy atom. The maximum Gasteiger partial charge on any atom is 0.341 e. The van der Waals surface area contributed by atoms with Gasteiger partial charge in [0.2, 0.25) is 5.88 Å². The number of halogens is 1. The molecule has 1 aromatic carbocycles. The van der Waals surface area contributed by atoms with Crippen molar-refractivity contribution in [3.05, 3.63) is 57.5 Å². The van der Waals surface area contributed by atoms with Crippen molar-refractivity contribution in [2.45, 2.75) is 6.92 Å². The molecule has 2 rings (SSSR count). The summed E-state index contributed by atoms with van der Waals surface area (Å²) in [7, 11) is 0. The van der Waals surface area contributed by atoms with Gasteiger partial charge in [-0.15, -0.1) is 0 Å². The number of hydrogen-bond donors (Lipinski definition) is 1. The Labute approximate surface area is 117 Å². The molecule has 0 spiro atoms. The van der Waals surface area contributed by atoms with E-state index in [1.54, 1.807) is 0 Å². The van der Waals surface area contributed by atoms with Crippen LogP contribution < -0.4 is 4.74 Å². The van der Waals surface area contributed by atoms with E-state index in [0.717, 1.165) is 18.3 Å². The summed E-state index contributed by atoms with van der Waals surface area (Å²) >= 11 is 0. The summed E-state index contributed by atoms with van der Waals surface area (Å²) in [5.41, 5.74) is -0.604. The maximum absolute atomic E-state index is 13.1. The molecule has 0 atom stereocenters. The van der Waals surface area contributed by atoms with Crippen LogP contribution in [0.25, 0.3) is 0 Å². The van der Waals surface area contributed by atoms with E-state index < -0.39 is 28.0 Å². The number of pyridine rings is 1. The second-order valence-electron chi connectivity index (χ2n) is 4.12. The lowest BCUT2D eigenvalue weighted by Gasteiger charge is -2.08. The molecule has 108 valence electrons. The van der Waals surface area contributed by atoms with Crippen LogP contribution in [0, 0.1) is 22.9 Å². The van der Waals surface area contributed by atoms with E-state index in [4.69, 9.17) is 9.84 Å². The number of aromatic nitrogens is 1. The van der Waals surface area contributed by atoms with Crippen LogP contribution in [0.4, 0.5) is 10.1 Å². The summed E-state index contributed by atoms with van der Waals surface area (Å²) in [4.78, 5) is 24.6. The predicted molar refractivity (Wildman–Crippen MR) is 69.1 cm³/mol. The number of nitrogens with zero attached hydrogens (tertiary/aromatic N) is 2. The summed E-state index contributed by atoms with van der Waals surface area (Å²) in [6.07, 6.45) is 0.887. The molecule has 1 heterocycles. The van der Waals surface area contributed by atoms with Crippen molar-refractivity contribution in [1.29, 1.82) is 0 Å². The average molecular weight is 292 g/mol. The minimum absolute atomic E-state index is 0.178. The molecule has 7 nitrogen and oxygen atoms in total. The van der Waals surface area contributed by atoms with Crippen LogP contribution in [0.1, 0.15) is 15.9 Å². The highest BCUT2D eigenvalue weighted by Gasteiger charge is 2.19. The van der Waals surface area contributed by atoms with E-state index in [0.29, 0.717) is 5.56 Å². The maximum atomic E-state index is 13.1. The highest BCUT2D eigenvalue weighted by Crippen LogP contribution is 2.27. The molecule has 0 saturated heterocycles. The molecule has 0 unspecified atom stereocenters. The lowest BCUT2D eigenvalue weighted by Crippen LogP contribution is -2.04. The monoisotopic (exact) mass is 292 g/mol. The summed E-state index contributed by atoms with van der Waals surface area (Å²) in [6.45, 7) is 1.52. The van der Waals surface area contributed by atoms with Gasteiger partial charge in [0.15, 0.2) is 0 Å². The van der Waals surface area contributed by atoms with Gasteiger partial charge in [0, 0.05) is 6.07 Å². The molecule has 0 amide bonds. The second kappa shape index (κ2) is 5.53. The van der Waals surface area contributed by atoms with Crippen LogP contribution in [0.5, 0.6) is 11.6 Å². The smallest absolute Gasteiger partial charge is 0.341 e. The van der Waals surface area contributed by atoms with Gasteiger partial charge in [-0.05, 0) is 30.7 Å². The Hall–Kier alpha value is -3.03. The van der Waals surface area contributed by atoms with Gasteiger partial charge in [-0.2, -0.15) is 0 Å². The lowest BCUT2D eigenvalue weighted by atomic mass is 10.2. The third-order valence-corrected chi connectivity index (χ3v) is 2.62. The van der Waals surface area contributed by atoms with Gasteiger partial charge in [-0.3, -0.25) is 10.1 Å². The van der Waals surface area contributed by atoms with E-state index >= 15 is 0 Å². The normalized spacial score (nSPS) is 10.2. The number of carbonyl (C=O) groups is 1. The molecule has 0 fully saturated rings. The van der Waals surface area contributed by atoms with Crippen LogP contribution in [0.2, 0.25) is 0 Å². The Kier molecular flexibility index (Phi) is 3.79. The molecule has 0 bridgehead atoms. The number of nitro groups is 1. The first-order chi connectivity index (χ1) is 9.88. The van der Waals surface area contributed by atoms with E-state index in [1.165, 1.54) is 19.1 Å². The summed E-state index contributed by atoms with van der Waals surface area (Å²) < 4.78 is 18.4. The van der Waals surface area contributed by atoms with Crippen molar-refractivity contribution in [3.8, 4) is 11.6 Å². The number of aromatic carboxylic acids is 1. The number of rotatable bonds is 4. The first-order valence-electron chi connectivity index (χ1n) is 5.70. The standard InChI is InChI=1S/C13H9FN2O5/c1-7-4-9(2-3-11(7)14)21-12-10(13(17)18)5-8(6-15-12)16(19)20/h2-6H,1H3,(H,17,18). The van der Waals surface area contributed by atoms with E-state index in [9.17, 15) is 19.3 Å². The van der Waals surface area contributed by atoms with Gasteiger partial charge in [0.1, 0.15) is 23.3 Å². The van der Waals surface area contributed by atoms with Gasteiger partial charge >= 0.3 is 5.97 Å². The minimum atomic E-state index is -1.42. The molecule has 1 aromatic heterocycles. The van der Waals surface area contributed by atoms with Gasteiger partial charge in [-0.25, -0.2) is 14.2 Å². The topological polar surface area (TPSA) is 103 Å². The van der Waals surface area contributed by atoms with E-state index in [-0.39, 0.29) is 11.6 Å². The third kappa shape index (κ3) is 3.11. The van der Waals surface area contributed by atoms with Crippen molar-refractivity contribution in [1.82, 2.24) is 4.98 Å². The fourth-order valence-electron chi connectivity index (χ4n) is 1.57. The minimum Gasteiger partial charge on any atom is -0.477 e. The predicted octanol–water partition coefficient (Wildman–Crippen LogP) is 2.93. The number of carboxylic acids is 1. The lowest BCUT2D eigenvalue weighted by molar-refractivity contribution is -0.385. The number of hydrogen-bond acceptors (Lipinski definition) is 5. The zero-order chi connectivity index (χ0) is 15.6. The summed E-state index contributed by atoms with van der Waals surface area (Å²) in [5.74, 6) is -1.98. The molecule has 8 heteroatoms. The average Bonchev–Trinajstić information content (AvgIpc) is 2.43. The molecule has 1 N–H and O–H groups in total. The van der Waals surface area contributed by atoms with Crippen LogP contribution in [-0.2, 0) is 0 Å². The summed E-state index contributed by atoms with van der Waals surface area (Å²) in [5, 5.41) is 19.7. The molecule has 0 radical (unpaired) electrons. The molecular formula is C13H9FN2O5. The van der Waals surface area contributed by atoms with Gasteiger partial charge < -0.3 is 9.84 Å². The Bertz CT molecular complexity index is 732. The largest absolute Gasteiger partial charge is 0.477 e. The fourth-order valence-corrected chi connectivity index (χ4v) is 1.57. The van der Waals surface area contributed by atoms with E-state index in [1.807, 2.05) is 0 Å². The first kappa shape index (κ1) is 14.4. The molecule has 0 aliphatic rings. The fraction of sp³-hybridized carbons (Fsp3) is 0.0769. The highest BCUT2D eigenvalue weighted by molar-refractivity contribution is 5.91. The van der Waals surface area contributed by atoms with Crippen molar-refractivity contribution < 1.29 is 24.0 Å². The van der Waals surface area contributed by atoms with Gasteiger partial charge in [0.25, 0.3) is 5.69 Å². The zero-order valence-electron chi connectivity index (χ0n) is 10.7. The second-order valence-corrected chi connectivity index (χ2v) is 4.12. The van der Waals surface area contributed by atoms with Crippen molar-refractivity contribution in [2.75, 3.05) is 0 Å².